The molecule has 108 valence electrons. The maximum atomic E-state index is 12.3. The molecule has 7 nitrogen and oxygen atoms in total. The number of sulfonamides is 1. The van der Waals surface area contributed by atoms with Crippen LogP contribution in [0.2, 0.25) is 0 Å². The Kier molecular flexibility index (Phi) is 4.35. The number of aromatic nitrogens is 3. The topological polar surface area (TPSA) is 88.9 Å². The van der Waals surface area contributed by atoms with Crippen LogP contribution in [0.15, 0.2) is 41.8 Å². The number of anilines is 1. The molecule has 0 aliphatic rings. The molecule has 2 aromatic rings. The molecule has 2 heterocycles. The molecule has 0 saturated heterocycles. The lowest BCUT2D eigenvalue weighted by atomic mass is 10.4. The maximum Gasteiger partial charge on any atom is 0.260 e. The molecule has 0 amide bonds. The maximum absolute atomic E-state index is 12.3. The van der Waals surface area contributed by atoms with Gasteiger partial charge in [-0.05, 0) is 25.1 Å². The highest BCUT2D eigenvalue weighted by Crippen LogP contribution is 2.17. The van der Waals surface area contributed by atoms with Crippen LogP contribution in [-0.2, 0) is 16.6 Å². The van der Waals surface area contributed by atoms with Gasteiger partial charge < -0.3 is 5.32 Å². The molecule has 1 unspecified atom stereocenters. The zero-order valence-corrected chi connectivity index (χ0v) is 12.1. The highest BCUT2D eigenvalue weighted by molar-refractivity contribution is 7.89. The van der Waals surface area contributed by atoms with E-state index in [1.54, 1.807) is 49.2 Å². The summed E-state index contributed by atoms with van der Waals surface area (Å²) in [6.07, 6.45) is 4.89. The van der Waals surface area contributed by atoms with Crippen molar-refractivity contribution in [3.8, 4) is 0 Å². The van der Waals surface area contributed by atoms with Crippen molar-refractivity contribution in [1.82, 2.24) is 19.5 Å². The molecule has 0 aromatic carbocycles. The van der Waals surface area contributed by atoms with Gasteiger partial charge >= 0.3 is 0 Å². The smallest absolute Gasteiger partial charge is 0.260 e. The van der Waals surface area contributed by atoms with Gasteiger partial charge in [-0.1, -0.05) is 0 Å². The normalized spacial score (nSPS) is 13.1. The summed E-state index contributed by atoms with van der Waals surface area (Å²) in [5.41, 5.74) is 0.464. The quantitative estimate of drug-likeness (QED) is 0.818. The largest absolute Gasteiger partial charge is 0.386 e. The van der Waals surface area contributed by atoms with E-state index < -0.39 is 10.0 Å². The van der Waals surface area contributed by atoms with E-state index in [0.717, 1.165) is 0 Å². The van der Waals surface area contributed by atoms with Gasteiger partial charge in [-0.2, -0.15) is 5.10 Å². The summed E-state index contributed by atoms with van der Waals surface area (Å²) in [5, 5.41) is 6.86. The van der Waals surface area contributed by atoms with E-state index >= 15 is 0 Å². The van der Waals surface area contributed by atoms with Crippen molar-refractivity contribution in [2.45, 2.75) is 24.5 Å². The number of rotatable bonds is 6. The number of hydrogen-bond acceptors (Lipinski definition) is 5. The van der Waals surface area contributed by atoms with Gasteiger partial charge in [0.05, 0.1) is 12.2 Å². The lowest BCUT2D eigenvalue weighted by molar-refractivity contribution is 0.493. The first kappa shape index (κ1) is 14.5. The van der Waals surface area contributed by atoms with E-state index in [2.05, 4.69) is 20.1 Å². The number of nitrogens with zero attached hydrogens (tertiary/aromatic N) is 3. The molecule has 0 saturated carbocycles. The van der Waals surface area contributed by atoms with E-state index in [9.17, 15) is 8.42 Å². The van der Waals surface area contributed by atoms with Gasteiger partial charge in [0.1, 0.15) is 0 Å². The minimum Gasteiger partial charge on any atom is -0.386 e. The minimum atomic E-state index is -3.67. The highest BCUT2D eigenvalue weighted by atomic mass is 32.2. The molecular weight excluding hydrogens is 278 g/mol. The van der Waals surface area contributed by atoms with Gasteiger partial charge in [0, 0.05) is 31.7 Å². The van der Waals surface area contributed by atoms with E-state index in [-0.39, 0.29) is 11.1 Å². The standard InChI is InChI=1S/C12H17N5O2S/c1-10(9-17-8-4-7-15-17)16-20(18,19)12-11(13-2)5-3-6-14-12/h3-8,10,13,16H,9H2,1-2H3. The molecule has 8 heteroatoms. The SMILES string of the molecule is CNc1cccnc1S(=O)(=O)NC(C)Cn1cccn1. The fourth-order valence-corrected chi connectivity index (χ4v) is 3.22. The molecule has 0 bridgehead atoms. The van der Waals surface area contributed by atoms with E-state index in [0.29, 0.717) is 12.2 Å². The summed E-state index contributed by atoms with van der Waals surface area (Å²) in [6, 6.07) is 4.84. The minimum absolute atomic E-state index is 0.00480. The number of nitrogens with one attached hydrogen (secondary N) is 2. The molecule has 2 rings (SSSR count). The fraction of sp³-hybridized carbons (Fsp3) is 0.333. The number of pyridine rings is 1. The van der Waals surface area contributed by atoms with Crippen LogP contribution in [0, 0.1) is 0 Å². The Bertz CT molecular complexity index is 654. The summed E-state index contributed by atoms with van der Waals surface area (Å²) in [5.74, 6) is 0. The lowest BCUT2D eigenvalue weighted by Crippen LogP contribution is -2.36. The van der Waals surface area contributed by atoms with Crippen LogP contribution in [0.25, 0.3) is 0 Å². The van der Waals surface area contributed by atoms with Crippen molar-refractivity contribution in [3.63, 3.8) is 0 Å². The van der Waals surface area contributed by atoms with Crippen LogP contribution in [0.1, 0.15) is 6.92 Å². The van der Waals surface area contributed by atoms with Crippen molar-refractivity contribution in [2.75, 3.05) is 12.4 Å². The third kappa shape index (κ3) is 3.34. The first-order valence-corrected chi connectivity index (χ1v) is 7.64. The third-order valence-electron chi connectivity index (χ3n) is 2.67. The first-order chi connectivity index (χ1) is 9.53. The number of hydrogen-bond donors (Lipinski definition) is 2. The predicted octanol–water partition coefficient (Wildman–Crippen LogP) is 0.687. The summed E-state index contributed by atoms with van der Waals surface area (Å²) < 4.78 is 28.9. The van der Waals surface area contributed by atoms with E-state index in [1.807, 2.05) is 0 Å². The zero-order valence-electron chi connectivity index (χ0n) is 11.3. The van der Waals surface area contributed by atoms with Crippen molar-refractivity contribution < 1.29 is 8.42 Å². The Hall–Kier alpha value is -1.93. The molecule has 2 aromatic heterocycles. The molecule has 0 spiro atoms. The second kappa shape index (κ2) is 6.02. The van der Waals surface area contributed by atoms with Crippen LogP contribution < -0.4 is 10.0 Å². The van der Waals surface area contributed by atoms with Crippen LogP contribution in [0.5, 0.6) is 0 Å². The Labute approximate surface area is 118 Å². The monoisotopic (exact) mass is 295 g/mol. The fourth-order valence-electron chi connectivity index (χ4n) is 1.84. The molecule has 2 N–H and O–H groups in total. The predicted molar refractivity (Wildman–Crippen MR) is 75.8 cm³/mol. The van der Waals surface area contributed by atoms with E-state index in [1.165, 1.54) is 6.20 Å². The van der Waals surface area contributed by atoms with Crippen LogP contribution >= 0.6 is 0 Å². The van der Waals surface area contributed by atoms with Gasteiger partial charge in [-0.15, -0.1) is 0 Å². The molecule has 1 atom stereocenters. The van der Waals surface area contributed by atoms with Crippen molar-refractivity contribution in [1.29, 1.82) is 0 Å². The van der Waals surface area contributed by atoms with Gasteiger partial charge in [-0.3, -0.25) is 4.68 Å². The third-order valence-corrected chi connectivity index (χ3v) is 4.22. The van der Waals surface area contributed by atoms with Crippen molar-refractivity contribution >= 4 is 15.7 Å². The van der Waals surface area contributed by atoms with Crippen molar-refractivity contribution in [3.05, 3.63) is 36.8 Å². The Morgan fingerprint density at radius 3 is 2.80 bits per heavy atom. The second-order valence-electron chi connectivity index (χ2n) is 4.36. The molecule has 0 fully saturated rings. The summed E-state index contributed by atoms with van der Waals surface area (Å²) in [7, 11) is -2.01. The average molecular weight is 295 g/mol. The molecular formula is C12H17N5O2S. The van der Waals surface area contributed by atoms with Gasteiger partial charge in [0.25, 0.3) is 10.0 Å². The van der Waals surface area contributed by atoms with Gasteiger partial charge in [-0.25, -0.2) is 18.1 Å². The molecule has 0 aliphatic carbocycles. The molecule has 0 aliphatic heterocycles. The van der Waals surface area contributed by atoms with Crippen LogP contribution in [0.4, 0.5) is 5.69 Å². The summed E-state index contributed by atoms with van der Waals surface area (Å²) in [6.45, 7) is 2.23. The summed E-state index contributed by atoms with van der Waals surface area (Å²) in [4.78, 5) is 3.94. The lowest BCUT2D eigenvalue weighted by Gasteiger charge is -2.15. The first-order valence-electron chi connectivity index (χ1n) is 6.15. The Morgan fingerprint density at radius 2 is 2.15 bits per heavy atom. The Morgan fingerprint density at radius 1 is 1.35 bits per heavy atom. The Balaban J connectivity index is 2.14. The van der Waals surface area contributed by atoms with E-state index in [4.69, 9.17) is 0 Å². The van der Waals surface area contributed by atoms with Crippen molar-refractivity contribution in [2.24, 2.45) is 0 Å². The van der Waals surface area contributed by atoms with Crippen LogP contribution in [0.3, 0.4) is 0 Å². The van der Waals surface area contributed by atoms with Gasteiger partial charge in [0.2, 0.25) is 0 Å². The van der Waals surface area contributed by atoms with Crippen LogP contribution in [-0.4, -0.2) is 36.3 Å². The molecule has 20 heavy (non-hydrogen) atoms. The average Bonchev–Trinajstić information content (AvgIpc) is 2.90. The second-order valence-corrected chi connectivity index (χ2v) is 5.99. The molecule has 0 radical (unpaired) electrons. The highest BCUT2D eigenvalue weighted by Gasteiger charge is 2.22. The van der Waals surface area contributed by atoms with Gasteiger partial charge in [0.15, 0.2) is 5.03 Å². The zero-order chi connectivity index (χ0) is 14.6. The summed E-state index contributed by atoms with van der Waals surface area (Å²) >= 11 is 0.